The van der Waals surface area contributed by atoms with Gasteiger partial charge in [0.1, 0.15) is 17.0 Å². The first-order valence-electron chi connectivity index (χ1n) is 8.27. The number of halogens is 1. The maximum Gasteiger partial charge on any atom is 0.251 e. The van der Waals surface area contributed by atoms with Gasteiger partial charge in [-0.15, -0.1) is 0 Å². The van der Waals surface area contributed by atoms with Gasteiger partial charge in [-0.25, -0.2) is 4.52 Å². The summed E-state index contributed by atoms with van der Waals surface area (Å²) in [4.78, 5) is 12.3. The number of methoxy groups -OCH3 is 1. The van der Waals surface area contributed by atoms with Crippen LogP contribution >= 0.6 is 11.6 Å². The van der Waals surface area contributed by atoms with Gasteiger partial charge in [-0.3, -0.25) is 4.79 Å². The molecular formula is C20H16ClN3O3. The van der Waals surface area contributed by atoms with Crippen molar-refractivity contribution in [2.45, 2.75) is 6.54 Å². The van der Waals surface area contributed by atoms with Gasteiger partial charge in [0.25, 0.3) is 5.91 Å². The summed E-state index contributed by atoms with van der Waals surface area (Å²) in [6, 6.07) is 12.8. The van der Waals surface area contributed by atoms with Crippen molar-refractivity contribution in [1.29, 1.82) is 0 Å². The van der Waals surface area contributed by atoms with Crippen LogP contribution in [0.15, 0.2) is 65.5 Å². The van der Waals surface area contributed by atoms with Gasteiger partial charge in [-0.05, 0) is 35.9 Å². The second-order valence-electron chi connectivity index (χ2n) is 5.92. The molecule has 27 heavy (non-hydrogen) atoms. The van der Waals surface area contributed by atoms with E-state index < -0.39 is 0 Å². The molecule has 0 saturated heterocycles. The number of ether oxygens (including phenoxy) is 1. The number of fused-ring (bicyclic) bond motifs is 1. The molecule has 0 aliphatic carbocycles. The Morgan fingerprint density at radius 2 is 2.07 bits per heavy atom. The van der Waals surface area contributed by atoms with Crippen molar-refractivity contribution in [3.63, 3.8) is 0 Å². The first-order chi connectivity index (χ1) is 13.2. The van der Waals surface area contributed by atoms with Gasteiger partial charge in [0.2, 0.25) is 0 Å². The molecule has 0 aliphatic heterocycles. The topological polar surface area (TPSA) is 68.8 Å². The van der Waals surface area contributed by atoms with Gasteiger partial charge >= 0.3 is 0 Å². The monoisotopic (exact) mass is 381 g/mol. The van der Waals surface area contributed by atoms with Crippen molar-refractivity contribution >= 4 is 23.0 Å². The van der Waals surface area contributed by atoms with Crippen LogP contribution in [0.2, 0.25) is 5.02 Å². The summed E-state index contributed by atoms with van der Waals surface area (Å²) in [7, 11) is 1.59. The van der Waals surface area contributed by atoms with Crippen LogP contribution in [0.1, 0.15) is 16.1 Å². The smallest absolute Gasteiger partial charge is 0.251 e. The first-order valence-corrected chi connectivity index (χ1v) is 8.65. The maximum absolute atomic E-state index is 12.3. The van der Waals surface area contributed by atoms with Crippen LogP contribution in [0.3, 0.4) is 0 Å². The molecule has 0 bridgehead atoms. The quantitative estimate of drug-likeness (QED) is 0.563. The molecule has 0 atom stereocenters. The van der Waals surface area contributed by atoms with Crippen LogP contribution in [-0.2, 0) is 6.54 Å². The highest BCUT2D eigenvalue weighted by Gasteiger charge is 2.12. The number of amides is 1. The highest BCUT2D eigenvalue weighted by molar-refractivity contribution is 6.34. The molecule has 3 heterocycles. The molecule has 4 rings (SSSR count). The maximum atomic E-state index is 12.3. The minimum Gasteiger partial charge on any atom is -0.494 e. The number of rotatable bonds is 5. The summed E-state index contributed by atoms with van der Waals surface area (Å²) in [6.07, 6.45) is 5.03. The van der Waals surface area contributed by atoms with Gasteiger partial charge in [0.05, 0.1) is 31.1 Å². The van der Waals surface area contributed by atoms with E-state index in [0.29, 0.717) is 28.6 Å². The number of carbonyl (C=O) groups is 1. The molecule has 136 valence electrons. The lowest BCUT2D eigenvalue weighted by Gasteiger charge is -2.09. The Balaban J connectivity index is 1.56. The molecule has 0 fully saturated rings. The molecule has 1 amide bonds. The van der Waals surface area contributed by atoms with Crippen LogP contribution in [0, 0.1) is 0 Å². The Bertz CT molecular complexity index is 1090. The lowest BCUT2D eigenvalue weighted by atomic mass is 10.0. The van der Waals surface area contributed by atoms with Crippen molar-refractivity contribution < 1.29 is 13.9 Å². The van der Waals surface area contributed by atoms with Crippen molar-refractivity contribution in [3.05, 3.63) is 77.5 Å². The first kappa shape index (κ1) is 17.2. The zero-order valence-electron chi connectivity index (χ0n) is 14.5. The van der Waals surface area contributed by atoms with Crippen LogP contribution < -0.4 is 10.1 Å². The fourth-order valence-electron chi connectivity index (χ4n) is 2.86. The summed E-state index contributed by atoms with van der Waals surface area (Å²) in [5.74, 6) is 1.18. The van der Waals surface area contributed by atoms with Crippen molar-refractivity contribution in [2.75, 3.05) is 7.11 Å². The predicted octanol–water partition coefficient (Wildman–Crippen LogP) is 4.19. The Kier molecular flexibility index (Phi) is 4.56. The van der Waals surface area contributed by atoms with Crippen molar-refractivity contribution in [3.8, 4) is 16.9 Å². The summed E-state index contributed by atoms with van der Waals surface area (Å²) in [5.41, 5.74) is 3.13. The Morgan fingerprint density at radius 1 is 1.26 bits per heavy atom. The zero-order chi connectivity index (χ0) is 18.8. The molecule has 0 spiro atoms. The molecule has 1 N–H and O–H groups in total. The van der Waals surface area contributed by atoms with E-state index in [0.717, 1.165) is 16.6 Å². The van der Waals surface area contributed by atoms with E-state index in [4.69, 9.17) is 20.8 Å². The van der Waals surface area contributed by atoms with E-state index in [1.807, 2.05) is 30.5 Å². The largest absolute Gasteiger partial charge is 0.494 e. The third-order valence-electron chi connectivity index (χ3n) is 4.24. The summed E-state index contributed by atoms with van der Waals surface area (Å²) >= 11 is 6.16. The Labute approximate surface area is 160 Å². The van der Waals surface area contributed by atoms with Gasteiger partial charge in [0, 0.05) is 17.3 Å². The van der Waals surface area contributed by atoms with Crippen LogP contribution in [-0.4, -0.2) is 22.6 Å². The van der Waals surface area contributed by atoms with Crippen LogP contribution in [0.5, 0.6) is 5.75 Å². The third-order valence-corrected chi connectivity index (χ3v) is 4.51. The molecule has 0 radical (unpaired) electrons. The predicted molar refractivity (Wildman–Crippen MR) is 102 cm³/mol. The van der Waals surface area contributed by atoms with Crippen molar-refractivity contribution in [2.24, 2.45) is 0 Å². The molecule has 1 aromatic carbocycles. The van der Waals surface area contributed by atoms with E-state index >= 15 is 0 Å². The number of aromatic nitrogens is 2. The SMILES string of the molecule is COc1cc(-c2ccc(C(=O)NCc3ccco3)cc2)cn2ncc(Cl)c12. The van der Waals surface area contributed by atoms with Gasteiger partial charge < -0.3 is 14.5 Å². The number of pyridine rings is 1. The fraction of sp³-hybridized carbons (Fsp3) is 0.100. The number of benzene rings is 1. The van der Waals surface area contributed by atoms with Crippen LogP contribution in [0.25, 0.3) is 16.6 Å². The van der Waals surface area contributed by atoms with Crippen molar-refractivity contribution in [1.82, 2.24) is 14.9 Å². The second kappa shape index (κ2) is 7.17. The highest BCUT2D eigenvalue weighted by Crippen LogP contribution is 2.31. The molecule has 0 saturated carbocycles. The average molecular weight is 382 g/mol. The zero-order valence-corrected chi connectivity index (χ0v) is 15.2. The molecule has 4 aromatic rings. The van der Waals surface area contributed by atoms with Gasteiger partial charge in [-0.2, -0.15) is 5.10 Å². The number of hydrogen-bond acceptors (Lipinski definition) is 4. The number of furan rings is 1. The normalized spacial score (nSPS) is 10.9. The Hall–Kier alpha value is -3.25. The minimum atomic E-state index is -0.162. The highest BCUT2D eigenvalue weighted by atomic mass is 35.5. The molecule has 3 aromatic heterocycles. The number of carbonyl (C=O) groups excluding carboxylic acids is 1. The fourth-order valence-corrected chi connectivity index (χ4v) is 3.08. The molecular weight excluding hydrogens is 366 g/mol. The van der Waals surface area contributed by atoms with E-state index in [-0.39, 0.29) is 5.91 Å². The van der Waals surface area contributed by atoms with E-state index in [9.17, 15) is 4.79 Å². The second-order valence-corrected chi connectivity index (χ2v) is 6.33. The van der Waals surface area contributed by atoms with E-state index in [1.54, 1.807) is 42.3 Å². The number of nitrogens with zero attached hydrogens (tertiary/aromatic N) is 2. The van der Waals surface area contributed by atoms with E-state index in [2.05, 4.69) is 10.4 Å². The number of hydrogen-bond donors (Lipinski definition) is 1. The minimum absolute atomic E-state index is 0.162. The molecule has 7 heteroatoms. The summed E-state index contributed by atoms with van der Waals surface area (Å²) in [6.45, 7) is 0.349. The molecule has 6 nitrogen and oxygen atoms in total. The Morgan fingerprint density at radius 3 is 2.78 bits per heavy atom. The summed E-state index contributed by atoms with van der Waals surface area (Å²) < 4.78 is 12.3. The lowest BCUT2D eigenvalue weighted by molar-refractivity contribution is 0.0948. The summed E-state index contributed by atoms with van der Waals surface area (Å²) in [5, 5.41) is 7.59. The third kappa shape index (κ3) is 3.39. The van der Waals surface area contributed by atoms with Crippen LogP contribution in [0.4, 0.5) is 0 Å². The van der Waals surface area contributed by atoms with Gasteiger partial charge in [-0.1, -0.05) is 23.7 Å². The van der Waals surface area contributed by atoms with Gasteiger partial charge in [0.15, 0.2) is 0 Å². The molecule has 0 unspecified atom stereocenters. The average Bonchev–Trinajstić information content (AvgIpc) is 3.35. The standard InChI is InChI=1S/C20H16ClN3O3/c1-26-18-9-15(12-24-19(18)17(21)11-23-24)13-4-6-14(7-5-13)20(25)22-10-16-3-2-8-27-16/h2-9,11-12H,10H2,1H3,(H,22,25). The lowest BCUT2D eigenvalue weighted by Crippen LogP contribution is -2.22. The molecule has 0 aliphatic rings. The van der Waals surface area contributed by atoms with E-state index in [1.165, 1.54) is 0 Å². The number of nitrogens with one attached hydrogen (secondary N) is 1.